The maximum Gasteiger partial charge on any atom is 0.240 e. The number of hydrogen-bond acceptors (Lipinski definition) is 12. The Balaban J connectivity index is 0.904. The molecule has 1 saturated carbocycles. The molecule has 2 saturated heterocycles. The van der Waals surface area contributed by atoms with Gasteiger partial charge in [-0.3, -0.25) is 24.3 Å². The highest BCUT2D eigenvalue weighted by molar-refractivity contribution is 7.91. The number of carbonyl (C=O) groups is 1. The van der Waals surface area contributed by atoms with Crippen molar-refractivity contribution >= 4 is 72.6 Å². The molecule has 10 rings (SSSR count). The van der Waals surface area contributed by atoms with Crippen LogP contribution in [0, 0.1) is 17.2 Å². The number of amides is 1. The zero-order chi connectivity index (χ0) is 42.2. The van der Waals surface area contributed by atoms with Crippen LogP contribution in [0.4, 0.5) is 11.5 Å². The molecular formula is C45H42Cl2N8O5S. The van der Waals surface area contributed by atoms with Gasteiger partial charge in [0, 0.05) is 61.1 Å². The van der Waals surface area contributed by atoms with E-state index in [-0.39, 0.29) is 18.0 Å². The van der Waals surface area contributed by atoms with Crippen molar-refractivity contribution in [3.8, 4) is 28.7 Å². The third-order valence-corrected chi connectivity index (χ3v) is 15.9. The molecule has 0 bridgehead atoms. The third-order valence-electron chi connectivity index (χ3n) is 12.9. The van der Waals surface area contributed by atoms with E-state index in [2.05, 4.69) is 37.0 Å². The van der Waals surface area contributed by atoms with E-state index >= 15 is 0 Å². The number of fused-ring (bicyclic) bond motifs is 3. The molecule has 3 atom stereocenters. The number of nitrogens with zero attached hydrogens (tertiary/aromatic N) is 6. The summed E-state index contributed by atoms with van der Waals surface area (Å²) in [4.78, 5) is 31.8. The Bertz CT molecular complexity index is 2930. The Labute approximate surface area is 362 Å². The van der Waals surface area contributed by atoms with Crippen molar-refractivity contribution in [1.29, 1.82) is 5.26 Å². The maximum atomic E-state index is 13.1. The van der Waals surface area contributed by atoms with E-state index in [1.54, 1.807) is 13.1 Å². The zero-order valence-electron chi connectivity index (χ0n) is 33.3. The normalized spacial score (nSPS) is 21.2. The first kappa shape index (κ1) is 40.0. The second kappa shape index (κ2) is 15.3. The first-order valence-corrected chi connectivity index (χ1v) is 22.8. The number of hydrogen-bond donors (Lipinski definition) is 3. The number of nitrogens with one attached hydrogen (secondary N) is 2. The van der Waals surface area contributed by atoms with E-state index in [0.717, 1.165) is 41.5 Å². The van der Waals surface area contributed by atoms with Crippen LogP contribution < -0.4 is 10.0 Å². The molecule has 312 valence electrons. The number of benzene rings is 3. The van der Waals surface area contributed by atoms with Gasteiger partial charge in [0.15, 0.2) is 11.4 Å². The van der Waals surface area contributed by atoms with Gasteiger partial charge in [-0.25, -0.2) is 18.4 Å². The number of likely N-dealkylation sites (tertiary alicyclic amines) is 2. The molecule has 1 unspecified atom stereocenters. The predicted molar refractivity (Wildman–Crippen MR) is 234 cm³/mol. The number of rotatable bonds is 10. The molecule has 3 fully saturated rings. The summed E-state index contributed by atoms with van der Waals surface area (Å²) >= 11 is 14.3. The van der Waals surface area contributed by atoms with Crippen LogP contribution in [-0.4, -0.2) is 81.2 Å². The van der Waals surface area contributed by atoms with Crippen LogP contribution >= 0.6 is 23.2 Å². The number of nitriles is 1. The van der Waals surface area contributed by atoms with Gasteiger partial charge in [-0.2, -0.15) is 5.26 Å². The minimum Gasteiger partial charge on any atom is -0.435 e. The average Bonchev–Trinajstić information content (AvgIpc) is 3.70. The van der Waals surface area contributed by atoms with Crippen LogP contribution in [-0.2, 0) is 27.8 Å². The lowest BCUT2D eigenvalue weighted by molar-refractivity contribution is -0.122. The Morgan fingerprint density at radius 3 is 2.57 bits per heavy atom. The summed E-state index contributed by atoms with van der Waals surface area (Å²) in [6.07, 6.45) is 7.15. The minimum atomic E-state index is -3.71. The van der Waals surface area contributed by atoms with Gasteiger partial charge in [0.25, 0.3) is 0 Å². The second-order valence-electron chi connectivity index (χ2n) is 17.0. The lowest BCUT2D eigenvalue weighted by atomic mass is 10.0. The molecule has 1 amide bonds. The molecule has 3 aromatic heterocycles. The summed E-state index contributed by atoms with van der Waals surface area (Å²) in [7, 11) is -3.71. The Morgan fingerprint density at radius 1 is 1.02 bits per heavy atom. The zero-order valence-corrected chi connectivity index (χ0v) is 35.6. The van der Waals surface area contributed by atoms with Crippen molar-refractivity contribution in [1.82, 2.24) is 29.5 Å². The molecule has 2 aliphatic carbocycles. The molecule has 3 aromatic carbocycles. The lowest BCUT2D eigenvalue weighted by Crippen LogP contribution is -2.42. The van der Waals surface area contributed by atoms with E-state index in [1.165, 1.54) is 0 Å². The van der Waals surface area contributed by atoms with Gasteiger partial charge in [0.05, 0.1) is 38.1 Å². The van der Waals surface area contributed by atoms with Crippen molar-refractivity contribution < 1.29 is 22.7 Å². The van der Waals surface area contributed by atoms with E-state index < -0.39 is 26.6 Å². The van der Waals surface area contributed by atoms with Gasteiger partial charge in [-0.15, -0.1) is 0 Å². The highest BCUT2D eigenvalue weighted by atomic mass is 35.5. The van der Waals surface area contributed by atoms with Crippen molar-refractivity contribution in [2.24, 2.45) is 5.92 Å². The van der Waals surface area contributed by atoms with E-state index in [0.29, 0.717) is 112 Å². The van der Waals surface area contributed by atoms with Gasteiger partial charge in [-0.05, 0) is 99.0 Å². The van der Waals surface area contributed by atoms with E-state index in [4.69, 9.17) is 37.6 Å². The van der Waals surface area contributed by atoms with E-state index in [1.807, 2.05) is 54.7 Å². The number of aliphatic hydroxyl groups is 1. The fraction of sp³-hybridized carbons (Fsp3) is 0.356. The number of sulfonamides is 1. The summed E-state index contributed by atoms with van der Waals surface area (Å²) in [5.41, 5.74) is 7.45. The Kier molecular flexibility index (Phi) is 10.0. The van der Waals surface area contributed by atoms with Crippen molar-refractivity contribution in [2.45, 2.75) is 68.9 Å². The van der Waals surface area contributed by atoms with Gasteiger partial charge in [-0.1, -0.05) is 47.5 Å². The Hall–Kier alpha value is -5.14. The summed E-state index contributed by atoms with van der Waals surface area (Å²) < 4.78 is 33.4. The summed E-state index contributed by atoms with van der Waals surface area (Å²) in [5, 5.41) is 25.5. The smallest absolute Gasteiger partial charge is 0.240 e. The number of aliphatic hydroxyl groups excluding tert-OH is 1. The number of aromatic nitrogens is 3. The molecule has 13 nitrogen and oxygen atoms in total. The molecule has 2 aliphatic heterocycles. The predicted octanol–water partition coefficient (Wildman–Crippen LogP) is 7.90. The topological polar surface area (TPSA) is 178 Å². The van der Waals surface area contributed by atoms with Crippen LogP contribution in [0.15, 0.2) is 71.4 Å². The summed E-state index contributed by atoms with van der Waals surface area (Å²) in [5.74, 6) is -0.0758. The van der Waals surface area contributed by atoms with Crippen LogP contribution in [0.5, 0.6) is 0 Å². The fourth-order valence-corrected chi connectivity index (χ4v) is 11.1. The monoisotopic (exact) mass is 876 g/mol. The number of halogens is 2. The van der Waals surface area contributed by atoms with Crippen LogP contribution in [0.2, 0.25) is 10.0 Å². The molecule has 0 radical (unpaired) electrons. The molecule has 3 N–H and O–H groups in total. The molecule has 6 aromatic rings. The fourth-order valence-electron chi connectivity index (χ4n) is 9.18. The number of pyridine rings is 2. The average molecular weight is 878 g/mol. The number of carbonyl (C=O) groups excluding carboxylic acids is 1. The number of anilines is 2. The van der Waals surface area contributed by atoms with Crippen molar-refractivity contribution in [2.75, 3.05) is 31.5 Å². The number of oxazole rings is 1. The molecule has 5 heterocycles. The number of β-amino-alcohol motifs (C(OH)–C–C–N with tert-alkyl or cyclic N) is 1. The molecule has 16 heteroatoms. The van der Waals surface area contributed by atoms with Crippen LogP contribution in [0.25, 0.3) is 44.6 Å². The van der Waals surface area contributed by atoms with Gasteiger partial charge < -0.3 is 14.8 Å². The van der Waals surface area contributed by atoms with Gasteiger partial charge in [0.2, 0.25) is 21.8 Å². The molecule has 0 spiro atoms. The molecule has 4 aliphatic rings. The quantitative estimate of drug-likeness (QED) is 0.121. The second-order valence-corrected chi connectivity index (χ2v) is 19.9. The maximum absolute atomic E-state index is 13.1. The summed E-state index contributed by atoms with van der Waals surface area (Å²) in [6, 6.07) is 19.5. The van der Waals surface area contributed by atoms with Crippen LogP contribution in [0.1, 0.15) is 67.3 Å². The van der Waals surface area contributed by atoms with Gasteiger partial charge in [0.1, 0.15) is 22.7 Å². The summed E-state index contributed by atoms with van der Waals surface area (Å²) in [6.45, 7) is 4.95. The minimum absolute atomic E-state index is 0.0510. The SMILES string of the molecule is CC1(S(=O)(=O)NC(=O)[C@@H]2CCN(C3CCc4c3cc3nc(-c5cccc(-c6cccc(Nc7nccc8cc(CN9CC[C@@H](O)C9)cnc78)c6Cl)c5Cl)oc3c4C#N)C2)CC1. The van der Waals surface area contributed by atoms with Crippen LogP contribution in [0.3, 0.4) is 0 Å². The highest BCUT2D eigenvalue weighted by Gasteiger charge is 2.51. The van der Waals surface area contributed by atoms with E-state index in [9.17, 15) is 23.6 Å². The molecular weight excluding hydrogens is 836 g/mol. The first-order chi connectivity index (χ1) is 29.4. The van der Waals surface area contributed by atoms with Crippen molar-refractivity contribution in [3.05, 3.63) is 99.3 Å². The standard InChI is InChI=1S/C45H42Cl2N8O5S/c1-45(13-14-45)61(58,59)53-43(57)27-11-17-55(23-27)37-9-8-29-33(37)19-36-41(34(29)20-48)60-44(52-36)32-6-2-4-30(38(32)46)31-5-3-7-35(39(31)47)51-42-40-26(10-15-49-42)18-25(21-50-40)22-54-16-12-28(56)24-54/h2-7,10,15,18-19,21,27-28,37,56H,8-9,11-14,16-17,22-24H2,1H3,(H,49,51)(H,53,57)/t27-,28-,37?/m1/s1. The lowest BCUT2D eigenvalue weighted by Gasteiger charge is -2.25. The van der Waals surface area contributed by atoms with Gasteiger partial charge >= 0.3 is 0 Å². The van der Waals surface area contributed by atoms with Crippen molar-refractivity contribution in [3.63, 3.8) is 0 Å². The third kappa shape index (κ3) is 7.21. The first-order valence-electron chi connectivity index (χ1n) is 20.6. The Morgan fingerprint density at radius 2 is 1.80 bits per heavy atom. The largest absolute Gasteiger partial charge is 0.435 e. The molecule has 61 heavy (non-hydrogen) atoms. The highest BCUT2D eigenvalue weighted by Crippen LogP contribution is 2.46.